The van der Waals surface area contributed by atoms with Crippen LogP contribution >= 0.6 is 0 Å². The summed E-state index contributed by atoms with van der Waals surface area (Å²) in [6.07, 6.45) is -3.75. The molecule has 0 spiro atoms. The first-order valence-electron chi connectivity index (χ1n) is 5.36. The number of alkyl halides is 3. The lowest BCUT2D eigenvalue weighted by atomic mass is 10.0. The molecule has 0 fully saturated rings. The number of hydrogen-bond acceptors (Lipinski definition) is 3. The van der Waals surface area contributed by atoms with Gasteiger partial charge in [-0.05, 0) is 12.1 Å². The molecule has 0 N–H and O–H groups in total. The number of nitrogens with zero attached hydrogens (tertiary/aromatic N) is 1. The summed E-state index contributed by atoms with van der Waals surface area (Å²) in [5.41, 5.74) is -0.316. The van der Waals surface area contributed by atoms with E-state index in [-0.39, 0.29) is 16.8 Å². The van der Waals surface area contributed by atoms with Crippen LogP contribution in [0.4, 0.5) is 17.6 Å². The first kappa shape index (κ1) is 14.0. The van der Waals surface area contributed by atoms with Gasteiger partial charge in [0.05, 0.1) is 6.20 Å². The lowest BCUT2D eigenvalue weighted by Crippen LogP contribution is -2.17. The van der Waals surface area contributed by atoms with E-state index in [2.05, 4.69) is 9.72 Å². The third-order valence-corrected chi connectivity index (χ3v) is 2.40. The van der Waals surface area contributed by atoms with Gasteiger partial charge in [0.15, 0.2) is 6.29 Å². The number of carbonyl (C=O) groups excluding carboxylic acids is 1. The molecule has 0 atom stereocenters. The number of carbonyl (C=O) groups is 1. The minimum absolute atomic E-state index is 0.0696. The lowest BCUT2D eigenvalue weighted by molar-refractivity contribution is -0.274. The minimum atomic E-state index is -4.89. The Bertz CT molecular complexity index is 641. The molecule has 0 aliphatic heterocycles. The van der Waals surface area contributed by atoms with E-state index in [4.69, 9.17) is 0 Å². The molecular formula is C13H7F4NO2. The minimum Gasteiger partial charge on any atom is -0.405 e. The van der Waals surface area contributed by atoms with Crippen molar-refractivity contribution < 1.29 is 27.1 Å². The molecule has 1 heterocycles. The predicted molar refractivity (Wildman–Crippen MR) is 61.7 cm³/mol. The van der Waals surface area contributed by atoms with E-state index >= 15 is 0 Å². The van der Waals surface area contributed by atoms with Crippen LogP contribution in [0.15, 0.2) is 36.5 Å². The van der Waals surface area contributed by atoms with Gasteiger partial charge >= 0.3 is 6.36 Å². The van der Waals surface area contributed by atoms with Crippen LogP contribution < -0.4 is 4.74 Å². The van der Waals surface area contributed by atoms with E-state index in [1.165, 1.54) is 18.2 Å². The molecule has 0 saturated carbocycles. The fourth-order valence-corrected chi connectivity index (χ4v) is 1.66. The number of ether oxygens (including phenoxy) is 1. The summed E-state index contributed by atoms with van der Waals surface area (Å²) < 4.78 is 54.0. The fraction of sp³-hybridized carbons (Fsp3) is 0.0769. The molecule has 7 heteroatoms. The van der Waals surface area contributed by atoms with Crippen molar-refractivity contribution in [1.82, 2.24) is 4.98 Å². The number of aldehydes is 1. The predicted octanol–water partition coefficient (Wildman–Crippen LogP) is 3.60. The van der Waals surface area contributed by atoms with Gasteiger partial charge in [0.1, 0.15) is 17.3 Å². The van der Waals surface area contributed by atoms with E-state index in [0.29, 0.717) is 6.29 Å². The number of halogens is 4. The monoisotopic (exact) mass is 285 g/mol. The van der Waals surface area contributed by atoms with Gasteiger partial charge in [-0.3, -0.25) is 4.79 Å². The summed E-state index contributed by atoms with van der Waals surface area (Å²) in [7, 11) is 0. The molecule has 0 bridgehead atoms. The zero-order valence-corrected chi connectivity index (χ0v) is 9.82. The summed E-state index contributed by atoms with van der Waals surface area (Å²) in [4.78, 5) is 14.4. The van der Waals surface area contributed by atoms with E-state index in [1.807, 2.05) is 0 Å². The number of aromatic nitrogens is 1. The van der Waals surface area contributed by atoms with Gasteiger partial charge in [-0.2, -0.15) is 0 Å². The van der Waals surface area contributed by atoms with Crippen molar-refractivity contribution in [3.05, 3.63) is 48.0 Å². The molecule has 2 rings (SSSR count). The largest absolute Gasteiger partial charge is 0.573 e. The van der Waals surface area contributed by atoms with Gasteiger partial charge in [-0.15, -0.1) is 13.2 Å². The van der Waals surface area contributed by atoms with E-state index in [9.17, 15) is 22.4 Å². The quantitative estimate of drug-likeness (QED) is 0.639. The van der Waals surface area contributed by atoms with Crippen molar-refractivity contribution in [2.24, 2.45) is 0 Å². The molecule has 0 saturated heterocycles. The van der Waals surface area contributed by atoms with Crippen molar-refractivity contribution in [2.45, 2.75) is 6.36 Å². The van der Waals surface area contributed by atoms with Crippen molar-refractivity contribution in [2.75, 3.05) is 0 Å². The molecule has 0 aliphatic carbocycles. The Kier molecular flexibility index (Phi) is 3.69. The summed E-state index contributed by atoms with van der Waals surface area (Å²) in [6.45, 7) is 0. The molecule has 3 nitrogen and oxygen atoms in total. The smallest absolute Gasteiger partial charge is 0.405 e. The second kappa shape index (κ2) is 5.28. The van der Waals surface area contributed by atoms with Gasteiger partial charge in [-0.1, -0.05) is 18.2 Å². The average molecular weight is 285 g/mol. The van der Waals surface area contributed by atoms with Crippen molar-refractivity contribution in [1.29, 1.82) is 0 Å². The van der Waals surface area contributed by atoms with Crippen LogP contribution in [0.2, 0.25) is 0 Å². The second-order valence-electron chi connectivity index (χ2n) is 3.75. The standard InChI is InChI=1S/C13H7F4NO2/c14-8-5-10(11(7-19)18-6-8)9-3-1-2-4-12(9)20-13(15,16)17/h1-7H. The Labute approximate surface area is 110 Å². The number of pyridine rings is 1. The summed E-state index contributed by atoms with van der Waals surface area (Å²) >= 11 is 0. The van der Waals surface area contributed by atoms with E-state index in [0.717, 1.165) is 18.3 Å². The van der Waals surface area contributed by atoms with Crippen molar-refractivity contribution in [3.63, 3.8) is 0 Å². The Morgan fingerprint density at radius 1 is 1.15 bits per heavy atom. The third kappa shape index (κ3) is 3.11. The SMILES string of the molecule is O=Cc1ncc(F)cc1-c1ccccc1OC(F)(F)F. The molecule has 0 radical (unpaired) electrons. The average Bonchev–Trinajstić information content (AvgIpc) is 2.37. The van der Waals surface area contributed by atoms with E-state index in [1.54, 1.807) is 0 Å². The Morgan fingerprint density at radius 2 is 1.85 bits per heavy atom. The van der Waals surface area contributed by atoms with Crippen LogP contribution in [0.1, 0.15) is 10.5 Å². The molecule has 0 aliphatic rings. The molecule has 104 valence electrons. The van der Waals surface area contributed by atoms with Gasteiger partial charge < -0.3 is 4.74 Å². The first-order chi connectivity index (χ1) is 9.40. The fourth-order valence-electron chi connectivity index (χ4n) is 1.66. The van der Waals surface area contributed by atoms with Gasteiger partial charge in [0, 0.05) is 11.1 Å². The van der Waals surface area contributed by atoms with Crippen LogP contribution in [0.3, 0.4) is 0 Å². The Morgan fingerprint density at radius 3 is 2.50 bits per heavy atom. The summed E-state index contributed by atoms with van der Waals surface area (Å²) in [5, 5.41) is 0. The van der Waals surface area contributed by atoms with Crippen LogP contribution in [-0.4, -0.2) is 17.6 Å². The van der Waals surface area contributed by atoms with Crippen LogP contribution in [0, 0.1) is 5.82 Å². The number of hydrogen-bond donors (Lipinski definition) is 0. The van der Waals surface area contributed by atoms with E-state index < -0.39 is 17.9 Å². The zero-order chi connectivity index (χ0) is 14.8. The number of benzene rings is 1. The third-order valence-electron chi connectivity index (χ3n) is 2.40. The Hall–Kier alpha value is -2.44. The number of para-hydroxylation sites is 1. The molecule has 0 amide bonds. The molecule has 20 heavy (non-hydrogen) atoms. The zero-order valence-electron chi connectivity index (χ0n) is 9.82. The van der Waals surface area contributed by atoms with Gasteiger partial charge in [0.2, 0.25) is 0 Å². The normalized spacial score (nSPS) is 11.2. The van der Waals surface area contributed by atoms with Crippen LogP contribution in [-0.2, 0) is 0 Å². The highest BCUT2D eigenvalue weighted by atomic mass is 19.4. The van der Waals surface area contributed by atoms with Gasteiger partial charge in [-0.25, -0.2) is 9.37 Å². The molecule has 0 unspecified atom stereocenters. The van der Waals surface area contributed by atoms with Crippen molar-refractivity contribution in [3.8, 4) is 16.9 Å². The topological polar surface area (TPSA) is 39.2 Å². The lowest BCUT2D eigenvalue weighted by Gasteiger charge is -2.13. The summed E-state index contributed by atoms with van der Waals surface area (Å²) in [5.74, 6) is -1.30. The number of rotatable bonds is 3. The first-order valence-corrected chi connectivity index (χ1v) is 5.36. The van der Waals surface area contributed by atoms with Crippen LogP contribution in [0.5, 0.6) is 5.75 Å². The van der Waals surface area contributed by atoms with Gasteiger partial charge in [0.25, 0.3) is 0 Å². The van der Waals surface area contributed by atoms with Crippen LogP contribution in [0.25, 0.3) is 11.1 Å². The maximum Gasteiger partial charge on any atom is 0.573 e. The Balaban J connectivity index is 2.58. The maximum absolute atomic E-state index is 13.2. The highest BCUT2D eigenvalue weighted by Crippen LogP contribution is 2.34. The second-order valence-corrected chi connectivity index (χ2v) is 3.75. The highest BCUT2D eigenvalue weighted by Gasteiger charge is 2.32. The highest BCUT2D eigenvalue weighted by molar-refractivity contribution is 5.87. The molecule has 1 aromatic heterocycles. The molecule has 1 aromatic carbocycles. The molecule has 2 aromatic rings. The molecular weight excluding hydrogens is 278 g/mol. The maximum atomic E-state index is 13.2. The van der Waals surface area contributed by atoms with Crippen molar-refractivity contribution >= 4 is 6.29 Å². The summed E-state index contributed by atoms with van der Waals surface area (Å²) in [6, 6.07) is 6.05.